The number of benzene rings is 3. The van der Waals surface area contributed by atoms with Gasteiger partial charge in [0, 0.05) is 29.1 Å². The summed E-state index contributed by atoms with van der Waals surface area (Å²) < 4.78 is 26.0. The molecule has 0 radical (unpaired) electrons. The summed E-state index contributed by atoms with van der Waals surface area (Å²) in [6.07, 6.45) is 0.920. The average Bonchev–Trinajstić information content (AvgIpc) is 3.45. The normalized spacial score (nSPS) is 16.2. The van der Waals surface area contributed by atoms with Crippen LogP contribution < -0.4 is 9.47 Å². The first-order valence-corrected chi connectivity index (χ1v) is 12.1. The summed E-state index contributed by atoms with van der Waals surface area (Å²) in [4.78, 5) is 3.15. The molecule has 5 rings (SSSR count). The van der Waals surface area contributed by atoms with Crippen molar-refractivity contribution in [3.63, 3.8) is 0 Å². The summed E-state index contributed by atoms with van der Waals surface area (Å²) in [6, 6.07) is 19.7. The highest BCUT2D eigenvalue weighted by Gasteiger charge is 2.22. The fraction of sp³-hybridized carbons (Fsp3) is 0.259. The Kier molecular flexibility index (Phi) is 6.56. The van der Waals surface area contributed by atoms with Gasteiger partial charge in [0.05, 0.1) is 11.6 Å². The van der Waals surface area contributed by atoms with E-state index in [9.17, 15) is 14.6 Å². The number of ether oxygens (including phenoxy) is 2. The summed E-state index contributed by atoms with van der Waals surface area (Å²) in [5, 5.41) is 20.5. The molecular formula is C27H26FNO4S. The lowest BCUT2D eigenvalue weighted by molar-refractivity contribution is 0.228. The molecule has 0 saturated carbocycles. The number of alkyl halides is 1. The van der Waals surface area contributed by atoms with Crippen molar-refractivity contribution in [2.45, 2.75) is 6.42 Å². The van der Waals surface area contributed by atoms with Crippen molar-refractivity contribution in [1.82, 2.24) is 4.90 Å². The molecule has 34 heavy (non-hydrogen) atoms. The van der Waals surface area contributed by atoms with Gasteiger partial charge in [-0.15, -0.1) is 11.3 Å². The second-order valence-corrected chi connectivity index (χ2v) is 9.57. The topological polar surface area (TPSA) is 62.2 Å². The zero-order valence-electron chi connectivity index (χ0n) is 18.6. The number of thiophene rings is 1. The van der Waals surface area contributed by atoms with Crippen LogP contribution in [0, 0.1) is 5.92 Å². The second kappa shape index (κ2) is 9.91. The Labute approximate surface area is 201 Å². The third kappa shape index (κ3) is 4.95. The molecule has 1 aromatic heterocycles. The maximum Gasteiger partial charge on any atom is 0.153 e. The van der Waals surface area contributed by atoms with E-state index in [0.717, 1.165) is 52.3 Å². The number of fused-ring (bicyclic) bond motifs is 1. The van der Waals surface area contributed by atoms with E-state index in [1.54, 1.807) is 35.6 Å². The highest BCUT2D eigenvalue weighted by Crippen LogP contribution is 2.47. The Bertz CT molecular complexity index is 1260. The first kappa shape index (κ1) is 22.5. The van der Waals surface area contributed by atoms with Crippen molar-refractivity contribution >= 4 is 21.4 Å². The van der Waals surface area contributed by atoms with Gasteiger partial charge >= 0.3 is 0 Å². The van der Waals surface area contributed by atoms with Crippen LogP contribution in [0.4, 0.5) is 4.39 Å². The number of halogens is 1. The largest absolute Gasteiger partial charge is 0.508 e. The van der Waals surface area contributed by atoms with E-state index in [1.807, 2.05) is 42.5 Å². The first-order valence-electron chi connectivity index (χ1n) is 11.3. The third-order valence-corrected chi connectivity index (χ3v) is 7.26. The molecule has 5 nitrogen and oxygen atoms in total. The zero-order chi connectivity index (χ0) is 23.5. The molecule has 1 unspecified atom stereocenters. The fourth-order valence-electron chi connectivity index (χ4n) is 4.22. The lowest BCUT2D eigenvalue weighted by Gasteiger charge is -2.16. The average molecular weight is 480 g/mol. The minimum absolute atomic E-state index is 0.165. The van der Waals surface area contributed by atoms with Crippen LogP contribution in [-0.4, -0.2) is 48.0 Å². The number of hydrogen-bond donors (Lipinski definition) is 2. The van der Waals surface area contributed by atoms with Crippen molar-refractivity contribution in [3.8, 4) is 39.2 Å². The van der Waals surface area contributed by atoms with Crippen molar-refractivity contribution in [2.24, 2.45) is 5.92 Å². The molecule has 0 amide bonds. The zero-order valence-corrected chi connectivity index (χ0v) is 19.4. The molecule has 4 aromatic rings. The number of phenolic OH excluding ortho intramolecular Hbond substituents is 2. The molecule has 2 heterocycles. The van der Waals surface area contributed by atoms with Crippen LogP contribution in [0.1, 0.15) is 6.42 Å². The van der Waals surface area contributed by atoms with Gasteiger partial charge < -0.3 is 19.7 Å². The van der Waals surface area contributed by atoms with E-state index in [2.05, 4.69) is 4.90 Å². The lowest BCUT2D eigenvalue weighted by atomic mass is 10.1. The monoisotopic (exact) mass is 479 g/mol. The number of likely N-dealkylation sites (tertiary alicyclic amines) is 1. The summed E-state index contributed by atoms with van der Waals surface area (Å²) in [6.45, 7) is 2.83. The van der Waals surface area contributed by atoms with Crippen LogP contribution in [0.15, 0.2) is 66.7 Å². The van der Waals surface area contributed by atoms with Gasteiger partial charge in [-0.2, -0.15) is 0 Å². The standard InChI is InChI=1S/C27H26FNO4S/c28-16-18-11-12-29(17-18)13-14-32-22-6-8-23(9-7-22)33-26-24-15-21(31)5-10-25(24)34-27(26)19-1-3-20(30)4-2-19/h1-10,15,18,30-31H,11-14,16-17H2. The van der Waals surface area contributed by atoms with Gasteiger partial charge in [0.15, 0.2) is 5.75 Å². The predicted molar refractivity (Wildman–Crippen MR) is 133 cm³/mol. The molecule has 1 aliphatic rings. The highest BCUT2D eigenvalue weighted by molar-refractivity contribution is 7.22. The van der Waals surface area contributed by atoms with E-state index in [0.29, 0.717) is 18.1 Å². The molecule has 0 spiro atoms. The maximum atomic E-state index is 12.8. The quantitative estimate of drug-likeness (QED) is 0.304. The molecule has 7 heteroatoms. The van der Waals surface area contributed by atoms with Crippen LogP contribution in [0.2, 0.25) is 0 Å². The van der Waals surface area contributed by atoms with Gasteiger partial charge in [-0.05, 0) is 85.3 Å². The van der Waals surface area contributed by atoms with E-state index >= 15 is 0 Å². The van der Waals surface area contributed by atoms with Gasteiger partial charge in [0.1, 0.15) is 29.6 Å². The van der Waals surface area contributed by atoms with Gasteiger partial charge in [-0.25, -0.2) is 0 Å². The van der Waals surface area contributed by atoms with Crippen molar-refractivity contribution < 1.29 is 24.1 Å². The third-order valence-electron chi connectivity index (χ3n) is 6.06. The second-order valence-electron chi connectivity index (χ2n) is 8.52. The maximum absolute atomic E-state index is 12.8. The summed E-state index contributed by atoms with van der Waals surface area (Å²) in [7, 11) is 0. The molecule has 1 saturated heterocycles. The van der Waals surface area contributed by atoms with E-state index in [1.165, 1.54) is 0 Å². The van der Waals surface area contributed by atoms with E-state index < -0.39 is 0 Å². The van der Waals surface area contributed by atoms with Crippen LogP contribution in [0.25, 0.3) is 20.5 Å². The highest BCUT2D eigenvalue weighted by atomic mass is 32.1. The summed E-state index contributed by atoms with van der Waals surface area (Å²) in [5.74, 6) is 2.60. The number of aromatic hydroxyl groups is 2. The minimum atomic E-state index is -0.244. The Morgan fingerprint density at radius 2 is 1.68 bits per heavy atom. The summed E-state index contributed by atoms with van der Waals surface area (Å²) >= 11 is 1.57. The fourth-order valence-corrected chi connectivity index (χ4v) is 5.34. The predicted octanol–water partition coefficient (Wildman–Crippen LogP) is 6.44. The van der Waals surface area contributed by atoms with Crippen molar-refractivity contribution in [1.29, 1.82) is 0 Å². The summed E-state index contributed by atoms with van der Waals surface area (Å²) in [5.41, 5.74) is 0.922. The number of nitrogens with zero attached hydrogens (tertiary/aromatic N) is 1. The molecule has 3 aromatic carbocycles. The number of phenols is 2. The van der Waals surface area contributed by atoms with Crippen molar-refractivity contribution in [2.75, 3.05) is 32.9 Å². The molecule has 0 bridgehead atoms. The van der Waals surface area contributed by atoms with Gasteiger partial charge in [0.25, 0.3) is 0 Å². The number of hydrogen-bond acceptors (Lipinski definition) is 6. The molecule has 0 aliphatic carbocycles. The molecule has 1 fully saturated rings. The number of rotatable bonds is 8. The van der Waals surface area contributed by atoms with Crippen LogP contribution in [0.5, 0.6) is 28.7 Å². The van der Waals surface area contributed by atoms with Gasteiger partial charge in [0.2, 0.25) is 0 Å². The van der Waals surface area contributed by atoms with Gasteiger partial charge in [-0.1, -0.05) is 0 Å². The van der Waals surface area contributed by atoms with Crippen LogP contribution in [0.3, 0.4) is 0 Å². The Hall–Kier alpha value is -3.29. The minimum Gasteiger partial charge on any atom is -0.508 e. The first-order chi connectivity index (χ1) is 16.6. The molecule has 1 atom stereocenters. The lowest BCUT2D eigenvalue weighted by Crippen LogP contribution is -2.26. The van der Waals surface area contributed by atoms with Crippen LogP contribution >= 0.6 is 11.3 Å². The Morgan fingerprint density at radius 1 is 0.941 bits per heavy atom. The molecule has 1 aliphatic heterocycles. The van der Waals surface area contributed by atoms with E-state index in [4.69, 9.17) is 9.47 Å². The van der Waals surface area contributed by atoms with Gasteiger partial charge in [-0.3, -0.25) is 9.29 Å². The smallest absolute Gasteiger partial charge is 0.153 e. The Morgan fingerprint density at radius 3 is 2.41 bits per heavy atom. The molecule has 2 N–H and O–H groups in total. The Balaban J connectivity index is 1.31. The molecular weight excluding hydrogens is 453 g/mol. The SMILES string of the molecule is Oc1ccc(-c2sc3ccc(O)cc3c2Oc2ccc(OCCN3CCC(CF)C3)cc2)cc1. The molecule has 176 valence electrons. The van der Waals surface area contributed by atoms with Crippen molar-refractivity contribution in [3.05, 3.63) is 66.7 Å². The van der Waals surface area contributed by atoms with Crippen LogP contribution in [-0.2, 0) is 0 Å². The van der Waals surface area contributed by atoms with E-state index in [-0.39, 0.29) is 24.1 Å².